The maximum atomic E-state index is 12.0. The number of carbonyl (C=O) groups is 1. The number of carbonyl (C=O) groups excluding carboxylic acids is 1. The van der Waals surface area contributed by atoms with Crippen LogP contribution >= 0.6 is 11.8 Å². The fourth-order valence-electron chi connectivity index (χ4n) is 2.17. The number of pyridine rings is 1. The molecular formula is C15H22N2O2S. The predicted octanol–water partition coefficient (Wildman–Crippen LogP) is 2.64. The van der Waals surface area contributed by atoms with Gasteiger partial charge in [-0.1, -0.05) is 6.07 Å². The van der Waals surface area contributed by atoms with Crippen LogP contribution in [0, 0.1) is 0 Å². The standard InChI is InChI=1S/C15H22N2O2S/c1-15(14(18)19-2,17-12-7-8-12)9-5-11-20-13-6-3-4-10-16-13/h3-4,6,10,12,17H,5,7-9,11H2,1-2H3. The van der Waals surface area contributed by atoms with Crippen molar-refractivity contribution < 1.29 is 9.53 Å². The minimum absolute atomic E-state index is 0.160. The molecule has 5 heteroatoms. The van der Waals surface area contributed by atoms with Gasteiger partial charge in [0.2, 0.25) is 0 Å². The van der Waals surface area contributed by atoms with Crippen molar-refractivity contribution in [2.45, 2.75) is 49.2 Å². The van der Waals surface area contributed by atoms with Gasteiger partial charge in [-0.15, -0.1) is 11.8 Å². The van der Waals surface area contributed by atoms with Crippen LogP contribution in [0.4, 0.5) is 0 Å². The number of nitrogens with one attached hydrogen (secondary N) is 1. The summed E-state index contributed by atoms with van der Waals surface area (Å²) >= 11 is 1.72. The van der Waals surface area contributed by atoms with Crippen LogP contribution in [0.25, 0.3) is 0 Å². The number of ether oxygens (including phenoxy) is 1. The van der Waals surface area contributed by atoms with Crippen molar-refractivity contribution in [2.75, 3.05) is 12.9 Å². The molecule has 1 fully saturated rings. The highest BCUT2D eigenvalue weighted by molar-refractivity contribution is 7.99. The number of methoxy groups -OCH3 is 1. The highest BCUT2D eigenvalue weighted by Crippen LogP contribution is 2.26. The summed E-state index contributed by atoms with van der Waals surface area (Å²) in [6, 6.07) is 6.40. The van der Waals surface area contributed by atoms with E-state index in [2.05, 4.69) is 10.3 Å². The largest absolute Gasteiger partial charge is 0.468 e. The fraction of sp³-hybridized carbons (Fsp3) is 0.600. The van der Waals surface area contributed by atoms with E-state index in [4.69, 9.17) is 4.74 Å². The summed E-state index contributed by atoms with van der Waals surface area (Å²) < 4.78 is 4.94. The normalized spacial score (nSPS) is 17.5. The zero-order valence-electron chi connectivity index (χ0n) is 12.1. The first-order valence-electron chi connectivity index (χ1n) is 7.04. The van der Waals surface area contributed by atoms with Crippen molar-refractivity contribution in [1.29, 1.82) is 0 Å². The van der Waals surface area contributed by atoms with Gasteiger partial charge in [0.25, 0.3) is 0 Å². The van der Waals surface area contributed by atoms with Gasteiger partial charge in [0, 0.05) is 12.2 Å². The van der Waals surface area contributed by atoms with E-state index >= 15 is 0 Å². The Kier molecular flexibility index (Phi) is 5.43. The molecule has 0 radical (unpaired) electrons. The summed E-state index contributed by atoms with van der Waals surface area (Å²) in [7, 11) is 1.46. The van der Waals surface area contributed by atoms with Crippen LogP contribution in [-0.4, -0.2) is 35.4 Å². The second-order valence-corrected chi connectivity index (χ2v) is 6.48. The molecule has 0 bridgehead atoms. The third-order valence-corrected chi connectivity index (χ3v) is 4.47. The summed E-state index contributed by atoms with van der Waals surface area (Å²) in [6.45, 7) is 1.95. The molecular weight excluding hydrogens is 272 g/mol. The van der Waals surface area contributed by atoms with E-state index in [1.165, 1.54) is 7.11 Å². The first-order valence-corrected chi connectivity index (χ1v) is 8.02. The summed E-state index contributed by atoms with van der Waals surface area (Å²) in [5, 5.41) is 4.45. The summed E-state index contributed by atoms with van der Waals surface area (Å²) in [4.78, 5) is 16.2. The van der Waals surface area contributed by atoms with E-state index in [0.29, 0.717) is 6.04 Å². The molecule has 0 saturated heterocycles. The minimum Gasteiger partial charge on any atom is -0.468 e. The minimum atomic E-state index is -0.555. The second-order valence-electron chi connectivity index (χ2n) is 5.36. The molecule has 2 rings (SSSR count). The number of aromatic nitrogens is 1. The first kappa shape index (κ1) is 15.3. The number of esters is 1. The van der Waals surface area contributed by atoms with Gasteiger partial charge in [-0.3, -0.25) is 10.1 Å². The van der Waals surface area contributed by atoms with Crippen molar-refractivity contribution in [3.63, 3.8) is 0 Å². The molecule has 4 nitrogen and oxygen atoms in total. The van der Waals surface area contributed by atoms with Crippen LogP contribution in [0.1, 0.15) is 32.6 Å². The van der Waals surface area contributed by atoms with E-state index in [-0.39, 0.29) is 5.97 Å². The Balaban J connectivity index is 1.78. The molecule has 0 amide bonds. The maximum absolute atomic E-state index is 12.0. The summed E-state index contributed by atoms with van der Waals surface area (Å²) in [6.07, 6.45) is 5.86. The predicted molar refractivity (Wildman–Crippen MR) is 80.8 cm³/mol. The topological polar surface area (TPSA) is 51.2 Å². The average Bonchev–Trinajstić information content (AvgIpc) is 3.27. The van der Waals surface area contributed by atoms with E-state index in [9.17, 15) is 4.79 Å². The van der Waals surface area contributed by atoms with Crippen molar-refractivity contribution >= 4 is 17.7 Å². The van der Waals surface area contributed by atoms with Gasteiger partial charge >= 0.3 is 5.97 Å². The lowest BCUT2D eigenvalue weighted by Gasteiger charge is -2.28. The van der Waals surface area contributed by atoms with Crippen molar-refractivity contribution in [2.24, 2.45) is 0 Å². The Morgan fingerprint density at radius 2 is 2.35 bits per heavy atom. The number of thioether (sulfide) groups is 1. The van der Waals surface area contributed by atoms with Gasteiger partial charge < -0.3 is 4.74 Å². The van der Waals surface area contributed by atoms with E-state index in [1.54, 1.807) is 18.0 Å². The lowest BCUT2D eigenvalue weighted by Crippen LogP contribution is -2.51. The molecule has 1 saturated carbocycles. The third-order valence-electron chi connectivity index (χ3n) is 3.44. The Labute approximate surface area is 124 Å². The smallest absolute Gasteiger partial charge is 0.325 e. The maximum Gasteiger partial charge on any atom is 0.325 e. The molecule has 0 spiro atoms. The van der Waals surface area contributed by atoms with Gasteiger partial charge in [0.05, 0.1) is 12.1 Å². The SMILES string of the molecule is COC(=O)C(C)(CCCSc1ccccn1)NC1CC1. The number of rotatable bonds is 8. The highest BCUT2D eigenvalue weighted by Gasteiger charge is 2.38. The molecule has 1 heterocycles. The van der Waals surface area contributed by atoms with Crippen LogP contribution < -0.4 is 5.32 Å². The molecule has 0 aromatic carbocycles. The molecule has 110 valence electrons. The quantitative estimate of drug-likeness (QED) is 0.454. The number of hydrogen-bond acceptors (Lipinski definition) is 5. The van der Waals surface area contributed by atoms with Gasteiger partial charge in [0.15, 0.2) is 0 Å². The van der Waals surface area contributed by atoms with E-state index in [0.717, 1.165) is 36.5 Å². The van der Waals surface area contributed by atoms with E-state index < -0.39 is 5.54 Å². The molecule has 1 aliphatic rings. The monoisotopic (exact) mass is 294 g/mol. The molecule has 1 N–H and O–H groups in total. The molecule has 20 heavy (non-hydrogen) atoms. The Bertz CT molecular complexity index is 437. The number of nitrogens with zero attached hydrogens (tertiary/aromatic N) is 1. The lowest BCUT2D eigenvalue weighted by molar-refractivity contribution is -0.148. The van der Waals surface area contributed by atoms with Crippen molar-refractivity contribution in [1.82, 2.24) is 10.3 Å². The van der Waals surface area contributed by atoms with Gasteiger partial charge in [-0.2, -0.15) is 0 Å². The fourth-order valence-corrected chi connectivity index (χ4v) is 2.98. The zero-order valence-corrected chi connectivity index (χ0v) is 12.9. The van der Waals surface area contributed by atoms with Gasteiger partial charge in [0.1, 0.15) is 5.54 Å². The molecule has 1 aliphatic carbocycles. The Morgan fingerprint density at radius 3 is 2.95 bits per heavy atom. The average molecular weight is 294 g/mol. The molecule has 1 aromatic heterocycles. The summed E-state index contributed by atoms with van der Waals surface area (Å²) in [5.41, 5.74) is -0.555. The van der Waals surface area contributed by atoms with Crippen LogP contribution in [0.5, 0.6) is 0 Å². The Hall–Kier alpha value is -1.07. The lowest BCUT2D eigenvalue weighted by atomic mass is 9.96. The molecule has 1 aromatic rings. The van der Waals surface area contributed by atoms with Crippen LogP contribution in [0.3, 0.4) is 0 Å². The number of hydrogen-bond donors (Lipinski definition) is 1. The van der Waals surface area contributed by atoms with Crippen LogP contribution in [0.2, 0.25) is 0 Å². The molecule has 0 aliphatic heterocycles. The van der Waals surface area contributed by atoms with Crippen molar-refractivity contribution in [3.8, 4) is 0 Å². The Morgan fingerprint density at radius 1 is 1.55 bits per heavy atom. The van der Waals surface area contributed by atoms with Crippen molar-refractivity contribution in [3.05, 3.63) is 24.4 Å². The van der Waals surface area contributed by atoms with Gasteiger partial charge in [-0.25, -0.2) is 4.98 Å². The van der Waals surface area contributed by atoms with Crippen LogP contribution in [0.15, 0.2) is 29.4 Å². The third kappa shape index (κ3) is 4.49. The van der Waals surface area contributed by atoms with E-state index in [1.807, 2.05) is 25.1 Å². The van der Waals surface area contributed by atoms with Gasteiger partial charge in [-0.05, 0) is 50.5 Å². The first-order chi connectivity index (χ1) is 9.64. The zero-order chi connectivity index (χ0) is 14.4. The molecule has 1 atom stereocenters. The summed E-state index contributed by atoms with van der Waals surface area (Å²) in [5.74, 6) is 0.794. The molecule has 1 unspecified atom stereocenters. The highest BCUT2D eigenvalue weighted by atomic mass is 32.2. The second kappa shape index (κ2) is 7.09. The van der Waals surface area contributed by atoms with Crippen LogP contribution in [-0.2, 0) is 9.53 Å².